The van der Waals surface area contributed by atoms with E-state index < -0.39 is 0 Å². The Hall–Kier alpha value is -6.48. The molecule has 244 valence electrons. The van der Waals surface area contributed by atoms with Crippen molar-refractivity contribution in [3.8, 4) is 33.4 Å². The highest BCUT2D eigenvalue weighted by Gasteiger charge is 2.21. The summed E-state index contributed by atoms with van der Waals surface area (Å²) < 4.78 is 2.61. The standard InChI is InChI=1S/C50H33NS/c1-2-14-34(15-3-1)40-18-6-7-19-42(40)43-20-8-9-21-44(43)45-22-10-12-24-48(45)51(38-29-31-50-47(33-38)46-23-11-13-25-49(46)52-50)37-28-30-41-36(32-37)27-26-35-16-4-5-17-39(35)41/h1-33H. The van der Waals surface area contributed by atoms with E-state index in [2.05, 4.69) is 205 Å². The highest BCUT2D eigenvalue weighted by atomic mass is 32.1. The van der Waals surface area contributed by atoms with Gasteiger partial charge in [0.25, 0.3) is 0 Å². The molecule has 0 saturated heterocycles. The number of rotatable bonds is 6. The van der Waals surface area contributed by atoms with Crippen LogP contribution in [0.3, 0.4) is 0 Å². The smallest absolute Gasteiger partial charge is 0.0540 e. The predicted octanol–water partition coefficient (Wildman–Crippen LogP) is 14.8. The second kappa shape index (κ2) is 12.7. The van der Waals surface area contributed by atoms with Crippen LogP contribution in [0.2, 0.25) is 0 Å². The van der Waals surface area contributed by atoms with Crippen molar-refractivity contribution in [2.24, 2.45) is 0 Å². The van der Waals surface area contributed by atoms with Gasteiger partial charge in [0.15, 0.2) is 0 Å². The molecule has 0 saturated carbocycles. The normalized spacial score (nSPS) is 11.5. The average Bonchev–Trinajstić information content (AvgIpc) is 3.59. The molecule has 0 spiro atoms. The second-order valence-corrected chi connectivity index (χ2v) is 14.4. The van der Waals surface area contributed by atoms with E-state index in [4.69, 9.17) is 0 Å². The number of anilines is 3. The van der Waals surface area contributed by atoms with E-state index in [0.29, 0.717) is 0 Å². The zero-order chi connectivity index (χ0) is 34.4. The first-order valence-electron chi connectivity index (χ1n) is 17.8. The molecular formula is C50H33NS. The highest BCUT2D eigenvalue weighted by molar-refractivity contribution is 7.25. The molecule has 10 aromatic rings. The Morgan fingerprint density at radius 1 is 0.308 bits per heavy atom. The number of hydrogen-bond donors (Lipinski definition) is 0. The van der Waals surface area contributed by atoms with Gasteiger partial charge in [0.05, 0.1) is 5.69 Å². The number of benzene rings is 9. The summed E-state index contributed by atoms with van der Waals surface area (Å²) in [6.07, 6.45) is 0. The maximum atomic E-state index is 2.45. The number of para-hydroxylation sites is 1. The number of hydrogen-bond acceptors (Lipinski definition) is 2. The van der Waals surface area contributed by atoms with Gasteiger partial charge in [0.2, 0.25) is 0 Å². The van der Waals surface area contributed by atoms with Gasteiger partial charge in [-0.1, -0.05) is 158 Å². The van der Waals surface area contributed by atoms with Crippen LogP contribution in [0.1, 0.15) is 0 Å². The lowest BCUT2D eigenvalue weighted by Crippen LogP contribution is -2.11. The molecule has 0 aliphatic heterocycles. The van der Waals surface area contributed by atoms with Crippen molar-refractivity contribution in [1.82, 2.24) is 0 Å². The molecule has 10 rings (SSSR count). The maximum Gasteiger partial charge on any atom is 0.0540 e. The lowest BCUT2D eigenvalue weighted by Gasteiger charge is -2.29. The molecule has 0 radical (unpaired) electrons. The summed E-state index contributed by atoms with van der Waals surface area (Å²) in [6, 6.07) is 73.0. The average molecular weight is 680 g/mol. The third-order valence-corrected chi connectivity index (χ3v) is 11.4. The Balaban J connectivity index is 1.21. The Bertz CT molecular complexity index is 2920. The number of thiophene rings is 1. The predicted molar refractivity (Wildman–Crippen MR) is 225 cm³/mol. The van der Waals surface area contributed by atoms with E-state index >= 15 is 0 Å². The van der Waals surface area contributed by atoms with Gasteiger partial charge in [-0.05, 0) is 91.8 Å². The van der Waals surface area contributed by atoms with E-state index in [9.17, 15) is 0 Å². The lowest BCUT2D eigenvalue weighted by molar-refractivity contribution is 1.30. The molecule has 0 bridgehead atoms. The lowest BCUT2D eigenvalue weighted by atomic mass is 9.88. The fourth-order valence-electron chi connectivity index (χ4n) is 7.86. The third kappa shape index (κ3) is 5.16. The monoisotopic (exact) mass is 679 g/mol. The van der Waals surface area contributed by atoms with Gasteiger partial charge in [-0.3, -0.25) is 0 Å². The summed E-state index contributed by atoms with van der Waals surface area (Å²) in [7, 11) is 0. The topological polar surface area (TPSA) is 3.24 Å². The summed E-state index contributed by atoms with van der Waals surface area (Å²) in [5.74, 6) is 0. The molecule has 0 unspecified atom stereocenters. The van der Waals surface area contributed by atoms with Crippen molar-refractivity contribution >= 4 is 70.1 Å². The van der Waals surface area contributed by atoms with Crippen molar-refractivity contribution in [3.63, 3.8) is 0 Å². The fraction of sp³-hybridized carbons (Fsp3) is 0. The largest absolute Gasteiger partial charge is 0.310 e. The van der Waals surface area contributed by atoms with Crippen molar-refractivity contribution in [3.05, 3.63) is 200 Å². The molecule has 0 aliphatic rings. The first-order chi connectivity index (χ1) is 25.8. The van der Waals surface area contributed by atoms with Crippen molar-refractivity contribution in [2.45, 2.75) is 0 Å². The first kappa shape index (κ1) is 30.4. The van der Waals surface area contributed by atoms with Crippen LogP contribution in [0.5, 0.6) is 0 Å². The van der Waals surface area contributed by atoms with Crippen molar-refractivity contribution in [2.75, 3.05) is 4.90 Å². The van der Waals surface area contributed by atoms with Gasteiger partial charge >= 0.3 is 0 Å². The Kier molecular flexibility index (Phi) is 7.41. The van der Waals surface area contributed by atoms with Crippen molar-refractivity contribution < 1.29 is 0 Å². The van der Waals surface area contributed by atoms with E-state index in [1.54, 1.807) is 0 Å². The quantitative estimate of drug-likeness (QED) is 0.158. The van der Waals surface area contributed by atoms with Crippen LogP contribution in [-0.4, -0.2) is 0 Å². The minimum atomic E-state index is 1.12. The third-order valence-electron chi connectivity index (χ3n) is 10.3. The van der Waals surface area contributed by atoms with Gasteiger partial charge in [-0.2, -0.15) is 0 Å². The van der Waals surface area contributed by atoms with Gasteiger partial charge in [0.1, 0.15) is 0 Å². The van der Waals surface area contributed by atoms with Gasteiger partial charge in [-0.15, -0.1) is 11.3 Å². The fourth-order valence-corrected chi connectivity index (χ4v) is 8.94. The van der Waals surface area contributed by atoms with E-state index in [0.717, 1.165) is 17.1 Å². The Morgan fingerprint density at radius 3 is 1.67 bits per heavy atom. The minimum absolute atomic E-state index is 1.12. The molecular weight excluding hydrogens is 647 g/mol. The van der Waals surface area contributed by atoms with Crippen LogP contribution >= 0.6 is 11.3 Å². The molecule has 9 aromatic carbocycles. The highest BCUT2D eigenvalue weighted by Crippen LogP contribution is 2.47. The molecule has 52 heavy (non-hydrogen) atoms. The SMILES string of the molecule is c1ccc(-c2ccccc2-c2ccccc2-c2ccccc2N(c2ccc3c(ccc4ccccc43)c2)c2ccc3sc4ccccc4c3c2)cc1. The Labute approximate surface area is 307 Å². The molecule has 0 N–H and O–H groups in total. The summed E-state index contributed by atoms with van der Waals surface area (Å²) in [5, 5.41) is 7.59. The molecule has 0 fully saturated rings. The second-order valence-electron chi connectivity index (χ2n) is 13.3. The molecule has 1 nitrogen and oxygen atoms in total. The van der Waals surface area contributed by atoms with E-state index in [1.807, 2.05) is 11.3 Å². The summed E-state index contributed by atoms with van der Waals surface area (Å²) >= 11 is 1.86. The van der Waals surface area contributed by atoms with Crippen molar-refractivity contribution in [1.29, 1.82) is 0 Å². The molecule has 0 atom stereocenters. The molecule has 0 amide bonds. The number of nitrogens with zero attached hydrogens (tertiary/aromatic N) is 1. The number of fused-ring (bicyclic) bond motifs is 6. The zero-order valence-corrected chi connectivity index (χ0v) is 29.2. The first-order valence-corrected chi connectivity index (χ1v) is 18.6. The van der Waals surface area contributed by atoms with Gasteiger partial charge in [-0.25, -0.2) is 0 Å². The van der Waals surface area contributed by atoms with Crippen LogP contribution in [0, 0.1) is 0 Å². The van der Waals surface area contributed by atoms with Crippen LogP contribution in [0.4, 0.5) is 17.1 Å². The van der Waals surface area contributed by atoms with Gasteiger partial charge < -0.3 is 4.90 Å². The molecule has 1 heterocycles. The van der Waals surface area contributed by atoms with E-state index in [-0.39, 0.29) is 0 Å². The maximum absolute atomic E-state index is 2.45. The molecule has 1 aromatic heterocycles. The summed E-state index contributed by atoms with van der Waals surface area (Å²) in [5.41, 5.74) is 10.6. The van der Waals surface area contributed by atoms with Crippen LogP contribution < -0.4 is 4.90 Å². The summed E-state index contributed by atoms with van der Waals surface area (Å²) in [4.78, 5) is 2.45. The van der Waals surface area contributed by atoms with E-state index in [1.165, 1.54) is 75.1 Å². The minimum Gasteiger partial charge on any atom is -0.310 e. The molecule has 0 aliphatic carbocycles. The zero-order valence-electron chi connectivity index (χ0n) is 28.4. The van der Waals surface area contributed by atoms with Crippen LogP contribution in [0.15, 0.2) is 200 Å². The summed E-state index contributed by atoms with van der Waals surface area (Å²) in [6.45, 7) is 0. The van der Waals surface area contributed by atoms with Gasteiger partial charge in [0, 0.05) is 37.1 Å². The van der Waals surface area contributed by atoms with Crippen LogP contribution in [-0.2, 0) is 0 Å². The van der Waals surface area contributed by atoms with Crippen LogP contribution in [0.25, 0.3) is 75.1 Å². The Morgan fingerprint density at radius 2 is 0.846 bits per heavy atom. The molecule has 2 heteroatoms.